The molecule has 0 atom stereocenters. The molecule has 4 fully saturated rings. The minimum Gasteiger partial charge on any atom is -0.299 e. The smallest absolute Gasteiger partial charge is 0.139 e. The van der Waals surface area contributed by atoms with Gasteiger partial charge in [0.15, 0.2) is 0 Å². The summed E-state index contributed by atoms with van der Waals surface area (Å²) in [5, 5.41) is 0. The molecule has 4 rings (SSSR count). The first-order chi connectivity index (χ1) is 9.67. The topological polar surface area (TPSA) is 17.1 Å². The molecule has 0 aliphatic heterocycles. The highest BCUT2D eigenvalue weighted by Gasteiger charge is 2.57. The molecule has 21 heavy (non-hydrogen) atoms. The van der Waals surface area contributed by atoms with Crippen LogP contribution in [0.15, 0.2) is 0 Å². The molecule has 0 amide bonds. The maximum Gasteiger partial charge on any atom is 0.139 e. The number of carbonyl (C=O) groups is 1. The molecule has 0 aromatic heterocycles. The fraction of sp³-hybridized carbons (Fsp3) is 0.950. The van der Waals surface area contributed by atoms with Crippen molar-refractivity contribution in [2.75, 3.05) is 0 Å². The molecule has 0 aromatic carbocycles. The molecular formula is C20H34O. The fourth-order valence-electron chi connectivity index (χ4n) is 5.96. The van der Waals surface area contributed by atoms with Crippen molar-refractivity contribution in [3.8, 4) is 0 Å². The van der Waals surface area contributed by atoms with Gasteiger partial charge >= 0.3 is 0 Å². The molecule has 0 heterocycles. The zero-order valence-corrected chi connectivity index (χ0v) is 14.8. The number of carbonyl (C=O) groups excluding carboxylic acids is 1. The summed E-state index contributed by atoms with van der Waals surface area (Å²) < 4.78 is 0. The minimum absolute atomic E-state index is 0.139. The quantitative estimate of drug-likeness (QED) is 0.642. The first-order valence-electron chi connectivity index (χ1n) is 9.21. The van der Waals surface area contributed by atoms with Gasteiger partial charge in [-0.2, -0.15) is 0 Å². The van der Waals surface area contributed by atoms with Crippen molar-refractivity contribution in [1.29, 1.82) is 0 Å². The van der Waals surface area contributed by atoms with E-state index < -0.39 is 0 Å². The Kier molecular flexibility index (Phi) is 3.58. The third-order valence-corrected chi connectivity index (χ3v) is 7.72. The summed E-state index contributed by atoms with van der Waals surface area (Å²) in [6.45, 7) is 11.2. The van der Waals surface area contributed by atoms with Gasteiger partial charge in [-0.05, 0) is 73.5 Å². The minimum atomic E-state index is -0.139. The van der Waals surface area contributed by atoms with Gasteiger partial charge in [-0.25, -0.2) is 0 Å². The van der Waals surface area contributed by atoms with E-state index in [1.165, 1.54) is 38.5 Å². The second-order valence-electron chi connectivity index (χ2n) is 9.92. The van der Waals surface area contributed by atoms with Crippen LogP contribution in [0.4, 0.5) is 0 Å². The number of hydrogen-bond acceptors (Lipinski definition) is 1. The molecule has 4 saturated carbocycles. The Labute approximate surface area is 131 Å². The first kappa shape index (κ1) is 15.6. The van der Waals surface area contributed by atoms with Gasteiger partial charge in [0.2, 0.25) is 0 Å². The molecule has 0 saturated heterocycles. The fourth-order valence-corrected chi connectivity index (χ4v) is 5.96. The van der Waals surface area contributed by atoms with Crippen molar-refractivity contribution < 1.29 is 4.79 Å². The van der Waals surface area contributed by atoms with Gasteiger partial charge in [0.05, 0.1) is 0 Å². The highest BCUT2D eigenvalue weighted by atomic mass is 16.1. The zero-order valence-electron chi connectivity index (χ0n) is 14.8. The van der Waals surface area contributed by atoms with Crippen LogP contribution in [-0.2, 0) is 4.79 Å². The second kappa shape index (κ2) is 4.83. The standard InChI is InChI=1S/C20H34O/c1-6-18(2,3)17(21)13-19(4,5)20-10-14-7-15(11-20)9-16(8-14)12-20/h14-16H,6-13H2,1-5H3. The van der Waals surface area contributed by atoms with E-state index in [2.05, 4.69) is 34.6 Å². The maximum absolute atomic E-state index is 12.8. The summed E-state index contributed by atoms with van der Waals surface area (Å²) in [5.41, 5.74) is 0.521. The van der Waals surface area contributed by atoms with Crippen molar-refractivity contribution in [1.82, 2.24) is 0 Å². The summed E-state index contributed by atoms with van der Waals surface area (Å²) in [4.78, 5) is 12.8. The highest BCUT2D eigenvalue weighted by molar-refractivity contribution is 5.84. The Balaban J connectivity index is 1.80. The lowest BCUT2D eigenvalue weighted by Crippen LogP contribution is -2.53. The lowest BCUT2D eigenvalue weighted by molar-refractivity contribution is -0.145. The number of Topliss-reactive ketones (excluding diaryl/α,β-unsaturated/α-hetero) is 1. The number of ketones is 1. The van der Waals surface area contributed by atoms with E-state index in [1.54, 1.807) is 0 Å². The van der Waals surface area contributed by atoms with Crippen molar-refractivity contribution in [3.63, 3.8) is 0 Å². The van der Waals surface area contributed by atoms with E-state index in [4.69, 9.17) is 0 Å². The largest absolute Gasteiger partial charge is 0.299 e. The van der Waals surface area contributed by atoms with Gasteiger partial charge in [0, 0.05) is 11.8 Å². The lowest BCUT2D eigenvalue weighted by Gasteiger charge is -2.62. The molecule has 1 heteroatoms. The average molecular weight is 290 g/mol. The summed E-state index contributed by atoms with van der Waals surface area (Å²) in [6.07, 6.45) is 10.4. The average Bonchev–Trinajstić information content (AvgIpc) is 2.36. The Morgan fingerprint density at radius 3 is 1.76 bits per heavy atom. The molecule has 0 spiro atoms. The van der Waals surface area contributed by atoms with E-state index in [0.717, 1.165) is 30.6 Å². The van der Waals surface area contributed by atoms with Crippen LogP contribution < -0.4 is 0 Å². The molecule has 0 aromatic rings. The van der Waals surface area contributed by atoms with Gasteiger partial charge in [-0.3, -0.25) is 4.79 Å². The van der Waals surface area contributed by atoms with Gasteiger partial charge < -0.3 is 0 Å². The van der Waals surface area contributed by atoms with Gasteiger partial charge in [-0.1, -0.05) is 34.6 Å². The molecule has 4 bridgehead atoms. The third-order valence-electron chi connectivity index (χ3n) is 7.72. The maximum atomic E-state index is 12.8. The van der Waals surface area contributed by atoms with Crippen LogP contribution in [0.2, 0.25) is 0 Å². The predicted molar refractivity (Wildman–Crippen MR) is 88.1 cm³/mol. The third kappa shape index (κ3) is 2.49. The Hall–Kier alpha value is -0.330. The first-order valence-corrected chi connectivity index (χ1v) is 9.21. The molecule has 120 valence electrons. The molecule has 4 aliphatic carbocycles. The monoisotopic (exact) mass is 290 g/mol. The van der Waals surface area contributed by atoms with Crippen molar-refractivity contribution in [2.45, 2.75) is 86.0 Å². The normalized spacial score (nSPS) is 38.8. The van der Waals surface area contributed by atoms with Gasteiger partial charge in [-0.15, -0.1) is 0 Å². The number of rotatable bonds is 5. The number of hydrogen-bond donors (Lipinski definition) is 0. The van der Waals surface area contributed by atoms with Crippen LogP contribution in [0, 0.1) is 34.0 Å². The van der Waals surface area contributed by atoms with Crippen LogP contribution in [0.5, 0.6) is 0 Å². The summed E-state index contributed by atoms with van der Waals surface area (Å²) >= 11 is 0. The zero-order chi connectivity index (χ0) is 15.5. The molecule has 4 aliphatic rings. The molecular weight excluding hydrogens is 256 g/mol. The van der Waals surface area contributed by atoms with Crippen LogP contribution in [0.3, 0.4) is 0 Å². The molecule has 0 unspecified atom stereocenters. The van der Waals surface area contributed by atoms with E-state index >= 15 is 0 Å². The summed E-state index contributed by atoms with van der Waals surface area (Å²) in [7, 11) is 0. The molecule has 0 N–H and O–H groups in total. The van der Waals surface area contributed by atoms with E-state index in [9.17, 15) is 4.79 Å². The predicted octanol–water partition coefficient (Wildman–Crippen LogP) is 5.62. The van der Waals surface area contributed by atoms with Crippen molar-refractivity contribution >= 4 is 5.78 Å². The summed E-state index contributed by atoms with van der Waals surface area (Å²) in [5.74, 6) is 3.42. The SMILES string of the molecule is CCC(C)(C)C(=O)CC(C)(C)C12CC3CC(CC(C3)C1)C2. The lowest BCUT2D eigenvalue weighted by atomic mass is 9.42. The van der Waals surface area contributed by atoms with Gasteiger partial charge in [0.1, 0.15) is 5.78 Å². The Morgan fingerprint density at radius 2 is 1.38 bits per heavy atom. The van der Waals surface area contributed by atoms with Crippen molar-refractivity contribution in [2.24, 2.45) is 34.0 Å². The van der Waals surface area contributed by atoms with Gasteiger partial charge in [0.25, 0.3) is 0 Å². The van der Waals surface area contributed by atoms with Crippen LogP contribution in [0.1, 0.15) is 86.0 Å². The highest BCUT2D eigenvalue weighted by Crippen LogP contribution is 2.66. The van der Waals surface area contributed by atoms with Crippen LogP contribution >= 0.6 is 0 Å². The van der Waals surface area contributed by atoms with Crippen LogP contribution in [-0.4, -0.2) is 5.78 Å². The van der Waals surface area contributed by atoms with E-state index in [-0.39, 0.29) is 10.8 Å². The van der Waals surface area contributed by atoms with Crippen LogP contribution in [0.25, 0.3) is 0 Å². The molecule has 1 nitrogen and oxygen atoms in total. The molecule has 0 radical (unpaired) electrons. The second-order valence-corrected chi connectivity index (χ2v) is 9.92. The van der Waals surface area contributed by atoms with E-state index in [0.29, 0.717) is 11.2 Å². The van der Waals surface area contributed by atoms with Crippen molar-refractivity contribution in [3.05, 3.63) is 0 Å². The Bertz CT molecular complexity index is 394. The van der Waals surface area contributed by atoms with E-state index in [1.807, 2.05) is 0 Å². The Morgan fingerprint density at radius 1 is 0.952 bits per heavy atom. The summed E-state index contributed by atoms with van der Waals surface area (Å²) in [6, 6.07) is 0.